The predicted molar refractivity (Wildman–Crippen MR) is 70.9 cm³/mol. The van der Waals surface area contributed by atoms with Gasteiger partial charge in [-0.25, -0.2) is 0 Å². The van der Waals surface area contributed by atoms with E-state index in [-0.39, 0.29) is 0 Å². The molecule has 0 unspecified atom stereocenters. The molecule has 0 aliphatic carbocycles. The summed E-state index contributed by atoms with van der Waals surface area (Å²) in [4.78, 5) is 2.18. The SMILES string of the molecule is COCCN(c1nnc(Cl)c(C)c1C)C(C)C. The second-order valence-electron chi connectivity index (χ2n) is 4.34. The molecule has 0 atom stereocenters. The van der Waals surface area contributed by atoms with Crippen LogP contribution in [-0.2, 0) is 4.74 Å². The second-order valence-corrected chi connectivity index (χ2v) is 4.70. The van der Waals surface area contributed by atoms with Gasteiger partial charge >= 0.3 is 0 Å². The maximum atomic E-state index is 5.96. The van der Waals surface area contributed by atoms with Crippen molar-refractivity contribution in [1.82, 2.24) is 10.2 Å². The van der Waals surface area contributed by atoms with Gasteiger partial charge in [-0.3, -0.25) is 0 Å². The summed E-state index contributed by atoms with van der Waals surface area (Å²) in [7, 11) is 1.70. The Morgan fingerprint density at radius 2 is 1.88 bits per heavy atom. The quantitative estimate of drug-likeness (QED) is 0.813. The topological polar surface area (TPSA) is 38.2 Å². The molecule has 0 N–H and O–H groups in total. The first-order valence-corrected chi connectivity index (χ1v) is 6.11. The van der Waals surface area contributed by atoms with E-state index in [9.17, 15) is 0 Å². The molecule has 0 aliphatic rings. The zero-order chi connectivity index (χ0) is 13.0. The summed E-state index contributed by atoms with van der Waals surface area (Å²) in [5, 5.41) is 8.66. The lowest BCUT2D eigenvalue weighted by Crippen LogP contribution is -2.35. The zero-order valence-corrected chi connectivity index (χ0v) is 11.9. The van der Waals surface area contributed by atoms with Crippen molar-refractivity contribution >= 4 is 17.4 Å². The van der Waals surface area contributed by atoms with Gasteiger partial charge in [-0.05, 0) is 38.8 Å². The highest BCUT2D eigenvalue weighted by molar-refractivity contribution is 6.30. The van der Waals surface area contributed by atoms with Gasteiger partial charge in [0.05, 0.1) is 6.61 Å². The number of halogens is 1. The molecule has 0 amide bonds. The van der Waals surface area contributed by atoms with Gasteiger partial charge in [0.1, 0.15) is 0 Å². The van der Waals surface area contributed by atoms with Gasteiger partial charge in [-0.1, -0.05) is 11.6 Å². The highest BCUT2D eigenvalue weighted by atomic mass is 35.5. The Balaban J connectivity index is 3.06. The van der Waals surface area contributed by atoms with E-state index in [2.05, 4.69) is 28.9 Å². The van der Waals surface area contributed by atoms with E-state index < -0.39 is 0 Å². The Kier molecular flexibility index (Phi) is 5.15. The molecule has 0 bridgehead atoms. The first-order valence-electron chi connectivity index (χ1n) is 5.74. The monoisotopic (exact) mass is 257 g/mol. The van der Waals surface area contributed by atoms with Gasteiger partial charge in [0.25, 0.3) is 0 Å². The first kappa shape index (κ1) is 14.2. The number of hydrogen-bond acceptors (Lipinski definition) is 4. The van der Waals surface area contributed by atoms with Crippen LogP contribution in [0.5, 0.6) is 0 Å². The van der Waals surface area contributed by atoms with Gasteiger partial charge in [0.15, 0.2) is 11.0 Å². The van der Waals surface area contributed by atoms with Crippen LogP contribution in [0.15, 0.2) is 0 Å². The third kappa shape index (κ3) is 3.30. The molecule has 1 rings (SSSR count). The maximum Gasteiger partial charge on any atom is 0.155 e. The number of hydrogen-bond donors (Lipinski definition) is 0. The molecule has 0 fully saturated rings. The van der Waals surface area contributed by atoms with Crippen molar-refractivity contribution in [1.29, 1.82) is 0 Å². The highest BCUT2D eigenvalue weighted by Gasteiger charge is 2.17. The Morgan fingerprint density at radius 1 is 1.24 bits per heavy atom. The van der Waals surface area contributed by atoms with Crippen LogP contribution in [-0.4, -0.2) is 36.5 Å². The number of rotatable bonds is 5. The summed E-state index contributed by atoms with van der Waals surface area (Å²) >= 11 is 5.96. The normalized spacial score (nSPS) is 11.0. The molecule has 0 radical (unpaired) electrons. The summed E-state index contributed by atoms with van der Waals surface area (Å²) in [6, 6.07) is 0.346. The molecule has 1 aromatic rings. The Bertz CT molecular complexity index is 382. The van der Waals surface area contributed by atoms with Crippen LogP contribution in [0.25, 0.3) is 0 Å². The summed E-state index contributed by atoms with van der Waals surface area (Å²) in [6.45, 7) is 9.70. The van der Waals surface area contributed by atoms with Crippen molar-refractivity contribution in [2.24, 2.45) is 0 Å². The van der Waals surface area contributed by atoms with Gasteiger partial charge in [0.2, 0.25) is 0 Å². The molecular weight excluding hydrogens is 238 g/mol. The number of nitrogens with zero attached hydrogens (tertiary/aromatic N) is 3. The largest absolute Gasteiger partial charge is 0.383 e. The lowest BCUT2D eigenvalue weighted by molar-refractivity contribution is 0.203. The maximum absolute atomic E-state index is 5.96. The van der Waals surface area contributed by atoms with Crippen LogP contribution in [0.3, 0.4) is 0 Å². The van der Waals surface area contributed by atoms with Gasteiger partial charge < -0.3 is 9.64 Å². The summed E-state index contributed by atoms with van der Waals surface area (Å²) in [6.07, 6.45) is 0. The molecule has 0 saturated heterocycles. The first-order chi connectivity index (χ1) is 7.99. The van der Waals surface area contributed by atoms with Crippen LogP contribution >= 0.6 is 11.6 Å². The van der Waals surface area contributed by atoms with Crippen LogP contribution in [0.2, 0.25) is 5.15 Å². The minimum atomic E-state index is 0.346. The van der Waals surface area contributed by atoms with Crippen molar-refractivity contribution < 1.29 is 4.74 Å². The van der Waals surface area contributed by atoms with Gasteiger partial charge in [-0.2, -0.15) is 0 Å². The molecule has 0 aliphatic heterocycles. The van der Waals surface area contributed by atoms with Gasteiger partial charge in [-0.15, -0.1) is 10.2 Å². The fourth-order valence-electron chi connectivity index (χ4n) is 1.63. The molecule has 17 heavy (non-hydrogen) atoms. The lowest BCUT2D eigenvalue weighted by Gasteiger charge is -2.28. The zero-order valence-electron chi connectivity index (χ0n) is 11.1. The summed E-state index contributed by atoms with van der Waals surface area (Å²) in [5.41, 5.74) is 2.06. The second kappa shape index (κ2) is 6.17. The van der Waals surface area contributed by atoms with Crippen LogP contribution in [0.4, 0.5) is 5.82 Å². The van der Waals surface area contributed by atoms with E-state index in [0.717, 1.165) is 23.5 Å². The molecule has 4 nitrogen and oxygen atoms in total. The molecule has 5 heteroatoms. The Labute approximate surface area is 108 Å². The lowest BCUT2D eigenvalue weighted by atomic mass is 10.1. The molecule has 0 aromatic carbocycles. The van der Waals surface area contributed by atoms with Crippen molar-refractivity contribution in [3.63, 3.8) is 0 Å². The highest BCUT2D eigenvalue weighted by Crippen LogP contribution is 2.24. The number of methoxy groups -OCH3 is 1. The van der Waals surface area contributed by atoms with E-state index in [1.165, 1.54) is 0 Å². The standard InChI is InChI=1S/C12H20ClN3O/c1-8(2)16(6-7-17-5)12-10(4)9(3)11(13)14-15-12/h8H,6-7H2,1-5H3. The predicted octanol–water partition coefficient (Wildman–Crippen LogP) is 2.61. The summed E-state index contributed by atoms with van der Waals surface area (Å²) in [5.74, 6) is 0.888. The number of ether oxygens (including phenoxy) is 1. The number of anilines is 1. The van der Waals surface area contributed by atoms with E-state index in [0.29, 0.717) is 17.8 Å². The van der Waals surface area contributed by atoms with E-state index in [1.807, 2.05) is 13.8 Å². The Morgan fingerprint density at radius 3 is 2.41 bits per heavy atom. The fourth-order valence-corrected chi connectivity index (χ4v) is 1.81. The third-order valence-electron chi connectivity index (χ3n) is 2.87. The van der Waals surface area contributed by atoms with Crippen molar-refractivity contribution in [2.75, 3.05) is 25.2 Å². The molecule has 1 aromatic heterocycles. The van der Waals surface area contributed by atoms with Crippen molar-refractivity contribution in [3.8, 4) is 0 Å². The smallest absolute Gasteiger partial charge is 0.155 e. The average molecular weight is 258 g/mol. The minimum Gasteiger partial charge on any atom is -0.383 e. The van der Waals surface area contributed by atoms with E-state index in [1.54, 1.807) is 7.11 Å². The van der Waals surface area contributed by atoms with Crippen LogP contribution < -0.4 is 4.90 Å². The van der Waals surface area contributed by atoms with Crippen LogP contribution in [0.1, 0.15) is 25.0 Å². The Hall–Kier alpha value is -0.870. The minimum absolute atomic E-state index is 0.346. The number of aromatic nitrogens is 2. The van der Waals surface area contributed by atoms with Crippen molar-refractivity contribution in [2.45, 2.75) is 33.7 Å². The van der Waals surface area contributed by atoms with Crippen LogP contribution in [0, 0.1) is 13.8 Å². The average Bonchev–Trinajstić information content (AvgIpc) is 2.28. The molecule has 96 valence electrons. The molecule has 0 saturated carbocycles. The van der Waals surface area contributed by atoms with Gasteiger partial charge in [0, 0.05) is 19.7 Å². The van der Waals surface area contributed by atoms with E-state index >= 15 is 0 Å². The molecule has 0 spiro atoms. The third-order valence-corrected chi connectivity index (χ3v) is 3.23. The van der Waals surface area contributed by atoms with Crippen molar-refractivity contribution in [3.05, 3.63) is 16.3 Å². The summed E-state index contributed by atoms with van der Waals surface area (Å²) < 4.78 is 5.12. The molecule has 1 heterocycles. The molecular formula is C12H20ClN3O. The van der Waals surface area contributed by atoms with E-state index in [4.69, 9.17) is 16.3 Å². The fraction of sp³-hybridized carbons (Fsp3) is 0.667.